The molecule has 1 unspecified atom stereocenters. The van der Waals surface area contributed by atoms with Crippen LogP contribution in [0.5, 0.6) is 0 Å². The highest BCUT2D eigenvalue weighted by Gasteiger charge is 2.27. The summed E-state index contributed by atoms with van der Waals surface area (Å²) >= 11 is 0. The Kier molecular flexibility index (Phi) is 14.0. The molecule has 5 nitrogen and oxygen atoms in total. The van der Waals surface area contributed by atoms with Crippen molar-refractivity contribution in [3.8, 4) is 0 Å². The number of hydrogen-bond donors (Lipinski definition) is 1. The van der Waals surface area contributed by atoms with Crippen molar-refractivity contribution >= 4 is 11.9 Å². The SMILES string of the molecule is C=C.CC.CN=C(C(NC(=O)OC)C(C)C)N1CCCC1. The summed E-state index contributed by atoms with van der Waals surface area (Å²) in [4.78, 5) is 18.0. The lowest BCUT2D eigenvalue weighted by atomic mass is 10.0. The minimum absolute atomic E-state index is 0.0782. The molecular formula is C16H33N3O2. The maximum absolute atomic E-state index is 11.4. The number of hydrogen-bond acceptors (Lipinski definition) is 3. The molecule has 21 heavy (non-hydrogen) atoms. The molecule has 1 N–H and O–H groups in total. The van der Waals surface area contributed by atoms with Crippen LogP contribution < -0.4 is 5.32 Å². The number of alkyl carbamates (subject to hydrolysis) is 1. The first-order valence-corrected chi connectivity index (χ1v) is 7.66. The van der Waals surface area contributed by atoms with E-state index < -0.39 is 6.09 Å². The van der Waals surface area contributed by atoms with Crippen molar-refractivity contribution in [1.29, 1.82) is 0 Å². The maximum Gasteiger partial charge on any atom is 0.407 e. The second-order valence-corrected chi connectivity index (χ2v) is 4.63. The third-order valence-corrected chi connectivity index (χ3v) is 3.06. The van der Waals surface area contributed by atoms with Crippen molar-refractivity contribution < 1.29 is 9.53 Å². The van der Waals surface area contributed by atoms with Crippen LogP contribution in [0.3, 0.4) is 0 Å². The first-order valence-electron chi connectivity index (χ1n) is 7.66. The van der Waals surface area contributed by atoms with Crippen LogP contribution in [0.4, 0.5) is 4.79 Å². The van der Waals surface area contributed by atoms with Crippen LogP contribution in [0.15, 0.2) is 18.2 Å². The van der Waals surface area contributed by atoms with Gasteiger partial charge in [-0.3, -0.25) is 4.99 Å². The van der Waals surface area contributed by atoms with Crippen LogP contribution >= 0.6 is 0 Å². The molecule has 1 atom stereocenters. The summed E-state index contributed by atoms with van der Waals surface area (Å²) in [6.45, 7) is 16.2. The third kappa shape index (κ3) is 7.73. The van der Waals surface area contributed by atoms with E-state index in [2.05, 4.69) is 47.0 Å². The summed E-state index contributed by atoms with van der Waals surface area (Å²) in [7, 11) is 3.16. The summed E-state index contributed by atoms with van der Waals surface area (Å²) in [6.07, 6.45) is 1.99. The quantitative estimate of drug-likeness (QED) is 0.494. The molecular weight excluding hydrogens is 266 g/mol. The molecule has 0 aromatic carbocycles. The predicted octanol–water partition coefficient (Wildman–Crippen LogP) is 3.32. The fourth-order valence-electron chi connectivity index (χ4n) is 2.14. The standard InChI is InChI=1S/C12H23N3O2.C2H6.C2H4/c1-9(2)10(14-12(16)17-4)11(13-3)15-7-5-6-8-15;2*1-2/h9-10H,5-8H2,1-4H3,(H,14,16);1-2H3;1-2H2. The van der Waals surface area contributed by atoms with E-state index in [4.69, 9.17) is 0 Å². The van der Waals surface area contributed by atoms with Crippen LogP contribution in [0.25, 0.3) is 0 Å². The zero-order valence-electron chi connectivity index (χ0n) is 14.6. The van der Waals surface area contributed by atoms with Crippen molar-refractivity contribution in [3.63, 3.8) is 0 Å². The Labute approximate surface area is 130 Å². The summed E-state index contributed by atoms with van der Waals surface area (Å²) in [5.74, 6) is 1.25. The van der Waals surface area contributed by atoms with E-state index in [1.54, 1.807) is 7.05 Å². The highest BCUT2D eigenvalue weighted by Crippen LogP contribution is 2.14. The molecule has 5 heteroatoms. The minimum atomic E-state index is -0.399. The molecule has 0 aromatic rings. The second-order valence-electron chi connectivity index (χ2n) is 4.63. The highest BCUT2D eigenvalue weighted by atomic mass is 16.5. The van der Waals surface area contributed by atoms with Gasteiger partial charge in [0.2, 0.25) is 0 Å². The van der Waals surface area contributed by atoms with Crippen molar-refractivity contribution in [2.45, 2.75) is 46.6 Å². The first-order chi connectivity index (χ1) is 10.1. The van der Waals surface area contributed by atoms with Crippen LogP contribution in [0.1, 0.15) is 40.5 Å². The van der Waals surface area contributed by atoms with Gasteiger partial charge in [0.1, 0.15) is 5.84 Å². The van der Waals surface area contributed by atoms with Crippen molar-refractivity contribution in [3.05, 3.63) is 13.2 Å². The monoisotopic (exact) mass is 299 g/mol. The van der Waals surface area contributed by atoms with E-state index in [1.165, 1.54) is 20.0 Å². The molecule has 1 aliphatic heterocycles. The molecule has 1 heterocycles. The van der Waals surface area contributed by atoms with E-state index in [1.807, 2.05) is 13.8 Å². The van der Waals surface area contributed by atoms with Crippen molar-refractivity contribution in [2.24, 2.45) is 10.9 Å². The molecule has 1 saturated heterocycles. The number of ether oxygens (including phenoxy) is 1. The maximum atomic E-state index is 11.4. The molecule has 0 bridgehead atoms. The number of nitrogens with one attached hydrogen (secondary N) is 1. The average molecular weight is 299 g/mol. The Morgan fingerprint density at radius 1 is 1.24 bits per heavy atom. The molecule has 0 aromatic heterocycles. The summed E-state index contributed by atoms with van der Waals surface area (Å²) in [5, 5.41) is 2.86. The lowest BCUT2D eigenvalue weighted by molar-refractivity contribution is 0.166. The number of rotatable bonds is 3. The molecule has 0 radical (unpaired) electrons. The third-order valence-electron chi connectivity index (χ3n) is 3.06. The van der Waals surface area contributed by atoms with Crippen LogP contribution in [0.2, 0.25) is 0 Å². The lowest BCUT2D eigenvalue weighted by Gasteiger charge is -2.30. The van der Waals surface area contributed by atoms with Crippen molar-refractivity contribution in [1.82, 2.24) is 10.2 Å². The highest BCUT2D eigenvalue weighted by molar-refractivity contribution is 5.90. The Hall–Kier alpha value is -1.52. The Morgan fingerprint density at radius 3 is 2.05 bits per heavy atom. The molecule has 0 spiro atoms. The van der Waals surface area contributed by atoms with E-state index in [-0.39, 0.29) is 12.0 Å². The number of carbonyl (C=O) groups is 1. The van der Waals surface area contributed by atoms with E-state index in [0.29, 0.717) is 0 Å². The van der Waals surface area contributed by atoms with Gasteiger partial charge in [0, 0.05) is 20.1 Å². The Bertz CT molecular complexity index is 298. The first kappa shape index (κ1) is 21.8. The Balaban J connectivity index is 0. The number of likely N-dealkylation sites (tertiary alicyclic amines) is 1. The summed E-state index contributed by atoms with van der Waals surface area (Å²) in [6, 6.07) is -0.0782. The number of methoxy groups -OCH3 is 1. The van der Waals surface area contributed by atoms with Gasteiger partial charge in [0.25, 0.3) is 0 Å². The number of aliphatic imine (C=N–C) groups is 1. The number of amides is 1. The Morgan fingerprint density at radius 2 is 1.71 bits per heavy atom. The van der Waals surface area contributed by atoms with Gasteiger partial charge >= 0.3 is 6.09 Å². The largest absolute Gasteiger partial charge is 0.453 e. The minimum Gasteiger partial charge on any atom is -0.453 e. The van der Waals surface area contributed by atoms with Gasteiger partial charge in [-0.1, -0.05) is 27.7 Å². The van der Waals surface area contributed by atoms with Gasteiger partial charge in [0.15, 0.2) is 0 Å². The molecule has 0 aliphatic carbocycles. The van der Waals surface area contributed by atoms with Gasteiger partial charge < -0.3 is 15.0 Å². The molecule has 0 saturated carbocycles. The fourth-order valence-corrected chi connectivity index (χ4v) is 2.14. The van der Waals surface area contributed by atoms with Gasteiger partial charge in [0.05, 0.1) is 13.2 Å². The van der Waals surface area contributed by atoms with Gasteiger partial charge in [-0.05, 0) is 18.8 Å². The number of carbonyl (C=O) groups excluding carboxylic acids is 1. The van der Waals surface area contributed by atoms with E-state index in [0.717, 1.165) is 18.9 Å². The van der Waals surface area contributed by atoms with Gasteiger partial charge in [-0.25, -0.2) is 4.79 Å². The number of amidine groups is 1. The van der Waals surface area contributed by atoms with Gasteiger partial charge in [-0.15, -0.1) is 13.2 Å². The van der Waals surface area contributed by atoms with Crippen LogP contribution in [0, 0.1) is 5.92 Å². The van der Waals surface area contributed by atoms with Crippen molar-refractivity contribution in [2.75, 3.05) is 27.2 Å². The molecule has 1 rings (SSSR count). The second kappa shape index (κ2) is 13.5. The fraction of sp³-hybridized carbons (Fsp3) is 0.750. The number of nitrogens with zero attached hydrogens (tertiary/aromatic N) is 2. The van der Waals surface area contributed by atoms with E-state index >= 15 is 0 Å². The zero-order chi connectivity index (χ0) is 16.8. The molecule has 1 fully saturated rings. The van der Waals surface area contributed by atoms with Gasteiger partial charge in [-0.2, -0.15) is 0 Å². The van der Waals surface area contributed by atoms with Crippen LogP contribution in [-0.4, -0.2) is 50.1 Å². The molecule has 1 amide bonds. The normalized spacial score (nSPS) is 15.4. The smallest absolute Gasteiger partial charge is 0.407 e. The predicted molar refractivity (Wildman–Crippen MR) is 90.9 cm³/mol. The summed E-state index contributed by atoms with van der Waals surface area (Å²) < 4.78 is 4.66. The zero-order valence-corrected chi connectivity index (χ0v) is 14.6. The molecule has 1 aliphatic rings. The topological polar surface area (TPSA) is 53.9 Å². The van der Waals surface area contributed by atoms with Crippen LogP contribution in [-0.2, 0) is 4.74 Å². The molecule has 124 valence electrons. The lowest BCUT2D eigenvalue weighted by Crippen LogP contribution is -2.50. The summed E-state index contributed by atoms with van der Waals surface area (Å²) in [5.41, 5.74) is 0. The van der Waals surface area contributed by atoms with E-state index in [9.17, 15) is 4.79 Å². The average Bonchev–Trinajstić information content (AvgIpc) is 3.04.